The molecule has 2 heterocycles. The molecule has 0 aliphatic carbocycles. The van der Waals surface area contributed by atoms with E-state index in [1.54, 1.807) is 74.5 Å². The third kappa shape index (κ3) is 5.42. The molecule has 40 heavy (non-hydrogen) atoms. The van der Waals surface area contributed by atoms with Crippen molar-refractivity contribution >= 4 is 20.2 Å². The zero-order valence-electron chi connectivity index (χ0n) is 21.4. The molecule has 0 bridgehead atoms. The summed E-state index contributed by atoms with van der Waals surface area (Å²) in [4.78, 5) is 8.99. The van der Waals surface area contributed by atoms with Crippen molar-refractivity contribution in [2.45, 2.75) is 23.6 Å². The molecule has 0 radical (unpaired) electrons. The lowest BCUT2D eigenvalue weighted by Gasteiger charge is -2.07. The monoisotopic (exact) mass is 580 g/mol. The third-order valence-electron chi connectivity index (χ3n) is 5.72. The molecule has 0 aliphatic rings. The Balaban J connectivity index is 1.47. The van der Waals surface area contributed by atoms with Gasteiger partial charge in [0.05, 0.1) is 13.2 Å². The molecule has 0 saturated carbocycles. The van der Waals surface area contributed by atoms with E-state index in [9.17, 15) is 16.8 Å². The largest absolute Gasteiger partial charge is 0.297 e. The van der Waals surface area contributed by atoms with Crippen LogP contribution in [0.4, 0.5) is 0 Å². The van der Waals surface area contributed by atoms with Crippen LogP contribution < -0.4 is 0 Å². The lowest BCUT2D eigenvalue weighted by atomic mass is 10.1. The second-order valence-corrected chi connectivity index (χ2v) is 11.5. The molecule has 2 aromatic heterocycles. The molecule has 0 unspecified atom stereocenters. The molecule has 0 atom stereocenters. The summed E-state index contributed by atoms with van der Waals surface area (Å²) in [5.74, 6) is 1.16. The summed E-state index contributed by atoms with van der Waals surface area (Å²) >= 11 is 0. The van der Waals surface area contributed by atoms with E-state index in [0.717, 1.165) is 0 Å². The van der Waals surface area contributed by atoms with Crippen LogP contribution in [0.25, 0.3) is 45.6 Å². The minimum atomic E-state index is -3.98. The van der Waals surface area contributed by atoms with Gasteiger partial charge in [-0.15, -0.1) is 0 Å². The van der Waals surface area contributed by atoms with Gasteiger partial charge < -0.3 is 0 Å². The second kappa shape index (κ2) is 11.1. The maximum absolute atomic E-state index is 12.6. The molecule has 0 saturated heterocycles. The van der Waals surface area contributed by atoms with Gasteiger partial charge in [0.1, 0.15) is 9.79 Å². The Morgan fingerprint density at radius 2 is 1.05 bits per heavy atom. The van der Waals surface area contributed by atoms with Crippen molar-refractivity contribution < 1.29 is 25.2 Å². The van der Waals surface area contributed by atoms with Gasteiger partial charge >= 0.3 is 0 Å². The Bertz CT molecular complexity index is 1750. The van der Waals surface area contributed by atoms with Crippen molar-refractivity contribution in [1.82, 2.24) is 30.4 Å². The first-order valence-corrected chi connectivity index (χ1v) is 15.0. The van der Waals surface area contributed by atoms with E-state index in [1.165, 1.54) is 12.1 Å². The van der Waals surface area contributed by atoms with Crippen molar-refractivity contribution in [3.63, 3.8) is 0 Å². The van der Waals surface area contributed by atoms with Crippen LogP contribution in [0.2, 0.25) is 0 Å². The molecule has 5 aromatic rings. The van der Waals surface area contributed by atoms with E-state index in [2.05, 4.69) is 30.4 Å². The summed E-state index contributed by atoms with van der Waals surface area (Å²) in [6, 6.07) is 19.8. The summed E-state index contributed by atoms with van der Waals surface area (Å²) in [5.41, 5.74) is 1.89. The molecular formula is C26H24N6O6S2. The van der Waals surface area contributed by atoms with Crippen LogP contribution in [-0.4, -0.2) is 60.4 Å². The number of rotatable bonds is 10. The smallest absolute Gasteiger partial charge is 0.267 e. The predicted molar refractivity (Wildman–Crippen MR) is 146 cm³/mol. The first-order valence-electron chi connectivity index (χ1n) is 12.2. The van der Waals surface area contributed by atoms with E-state index < -0.39 is 20.2 Å². The average Bonchev–Trinajstić information content (AvgIpc) is 3.64. The van der Waals surface area contributed by atoms with Crippen LogP contribution in [0, 0.1) is 0 Å². The number of hydrogen-bond acceptors (Lipinski definition) is 10. The fourth-order valence-electron chi connectivity index (χ4n) is 4.02. The number of nitrogens with zero attached hydrogens (tertiary/aromatic N) is 4. The molecule has 0 amide bonds. The van der Waals surface area contributed by atoms with Gasteiger partial charge in [0.15, 0.2) is 23.3 Å². The zero-order chi connectivity index (χ0) is 28.3. The molecule has 0 fully saturated rings. The summed E-state index contributed by atoms with van der Waals surface area (Å²) in [5, 5.41) is 14.2. The number of hydrogen-bond donors (Lipinski definition) is 2. The van der Waals surface area contributed by atoms with Crippen LogP contribution >= 0.6 is 0 Å². The van der Waals surface area contributed by atoms with Gasteiger partial charge in [0.25, 0.3) is 20.2 Å². The third-order valence-corrected chi connectivity index (χ3v) is 8.60. The standard InChI is InChI=1S/C26H24N6O6S2/c1-3-37-39(33,34)21-14-7-5-12-19(21)25-27-23(29-31-25)17-10-9-11-18(16-17)24-28-26(32-30-24)20-13-6-8-15-22(20)40(35,36)38-4-2/h5-16H,3-4H2,1-2H3,(H,27,29,31)(H,28,30,32). The normalized spacial score (nSPS) is 12.1. The van der Waals surface area contributed by atoms with Crippen LogP contribution in [0.15, 0.2) is 82.6 Å². The van der Waals surface area contributed by atoms with Crippen molar-refractivity contribution in [3.05, 3.63) is 72.8 Å². The average molecular weight is 581 g/mol. The van der Waals surface area contributed by atoms with E-state index in [-0.39, 0.29) is 34.7 Å². The SMILES string of the molecule is CCOS(=O)(=O)c1ccccc1-c1nc(-c2cccc(-c3n[nH]c(-c4ccccc4S(=O)(=O)OCC)n3)c2)n[nH]1. The van der Waals surface area contributed by atoms with Crippen molar-refractivity contribution in [1.29, 1.82) is 0 Å². The number of aromatic amines is 2. The van der Waals surface area contributed by atoms with Gasteiger partial charge in [-0.2, -0.15) is 27.0 Å². The Kier molecular flexibility index (Phi) is 7.58. The Labute approximate surface area is 230 Å². The maximum atomic E-state index is 12.6. The molecule has 0 spiro atoms. The van der Waals surface area contributed by atoms with Gasteiger partial charge in [-0.25, -0.2) is 9.97 Å². The quantitative estimate of drug-likeness (QED) is 0.230. The van der Waals surface area contributed by atoms with Gasteiger partial charge in [0, 0.05) is 22.3 Å². The Morgan fingerprint density at radius 1 is 0.625 bits per heavy atom. The van der Waals surface area contributed by atoms with E-state index in [4.69, 9.17) is 8.37 Å². The molecule has 0 aliphatic heterocycles. The van der Waals surface area contributed by atoms with E-state index >= 15 is 0 Å². The Hall–Kier alpha value is -4.24. The first-order chi connectivity index (χ1) is 19.2. The molecule has 12 nitrogen and oxygen atoms in total. The molecule has 14 heteroatoms. The molecule has 2 N–H and O–H groups in total. The minimum Gasteiger partial charge on any atom is -0.267 e. The van der Waals surface area contributed by atoms with Crippen LogP contribution in [0.5, 0.6) is 0 Å². The van der Waals surface area contributed by atoms with Crippen LogP contribution in [0.3, 0.4) is 0 Å². The van der Waals surface area contributed by atoms with Crippen LogP contribution in [0.1, 0.15) is 13.8 Å². The molecule has 3 aromatic carbocycles. The number of aromatic nitrogens is 6. The number of nitrogens with one attached hydrogen (secondary N) is 2. The van der Waals surface area contributed by atoms with Crippen molar-refractivity contribution in [3.8, 4) is 45.6 Å². The van der Waals surface area contributed by atoms with Gasteiger partial charge in [-0.1, -0.05) is 42.5 Å². The topological polar surface area (TPSA) is 170 Å². The lowest BCUT2D eigenvalue weighted by molar-refractivity contribution is 0.337. The highest BCUT2D eigenvalue weighted by Crippen LogP contribution is 2.30. The fourth-order valence-corrected chi connectivity index (χ4v) is 6.25. The van der Waals surface area contributed by atoms with Gasteiger partial charge in [-0.05, 0) is 44.2 Å². The maximum Gasteiger partial charge on any atom is 0.297 e. The second-order valence-electron chi connectivity index (χ2n) is 8.31. The summed E-state index contributed by atoms with van der Waals surface area (Å²) in [6.07, 6.45) is 0. The minimum absolute atomic E-state index is 0.00195. The molecule has 5 rings (SSSR count). The van der Waals surface area contributed by atoms with Crippen LogP contribution in [-0.2, 0) is 28.6 Å². The van der Waals surface area contributed by atoms with Gasteiger partial charge in [-0.3, -0.25) is 18.6 Å². The van der Waals surface area contributed by atoms with Crippen molar-refractivity contribution in [2.75, 3.05) is 13.2 Å². The number of H-pyrrole nitrogens is 2. The van der Waals surface area contributed by atoms with E-state index in [0.29, 0.717) is 33.9 Å². The van der Waals surface area contributed by atoms with Crippen molar-refractivity contribution in [2.24, 2.45) is 0 Å². The highest BCUT2D eigenvalue weighted by atomic mass is 32.2. The fraction of sp³-hybridized carbons (Fsp3) is 0.154. The number of benzene rings is 3. The summed E-state index contributed by atoms with van der Waals surface area (Å²) < 4.78 is 60.2. The Morgan fingerprint density at radius 3 is 1.48 bits per heavy atom. The molecular weight excluding hydrogens is 556 g/mol. The molecule has 206 valence electrons. The summed E-state index contributed by atoms with van der Waals surface area (Å²) in [7, 11) is -7.95. The highest BCUT2D eigenvalue weighted by molar-refractivity contribution is 7.87. The first kappa shape index (κ1) is 27.3. The van der Waals surface area contributed by atoms with Gasteiger partial charge in [0.2, 0.25) is 0 Å². The zero-order valence-corrected chi connectivity index (χ0v) is 23.0. The highest BCUT2D eigenvalue weighted by Gasteiger charge is 2.23. The lowest BCUT2D eigenvalue weighted by Crippen LogP contribution is -2.07. The summed E-state index contributed by atoms with van der Waals surface area (Å²) in [6.45, 7) is 3.20. The predicted octanol–water partition coefficient (Wildman–Crippen LogP) is 4.04. The van der Waals surface area contributed by atoms with E-state index in [1.807, 2.05) is 0 Å².